The maximum Gasteiger partial charge on any atom is 0.226 e. The standard InChI is InChI=1S/C16H29N3O2/c17-14-4-1-3-13(11-14)16(20)19-6-2-5-15(19)12-18-7-9-21-10-8-18/h13-15H,1-12,17H2/t13-,14-,15+/m1/s1. The molecule has 2 N–H and O–H groups in total. The summed E-state index contributed by atoms with van der Waals surface area (Å²) in [7, 11) is 0. The van der Waals surface area contributed by atoms with E-state index in [1.54, 1.807) is 0 Å². The summed E-state index contributed by atoms with van der Waals surface area (Å²) < 4.78 is 5.41. The van der Waals surface area contributed by atoms with E-state index in [0.29, 0.717) is 11.9 Å². The smallest absolute Gasteiger partial charge is 0.226 e. The number of carbonyl (C=O) groups is 1. The summed E-state index contributed by atoms with van der Waals surface area (Å²) in [6, 6.07) is 0.641. The summed E-state index contributed by atoms with van der Waals surface area (Å²) in [4.78, 5) is 17.4. The van der Waals surface area contributed by atoms with Crippen molar-refractivity contribution >= 4 is 5.91 Å². The van der Waals surface area contributed by atoms with Gasteiger partial charge in [-0.1, -0.05) is 6.42 Å². The number of ether oxygens (including phenoxy) is 1. The highest BCUT2D eigenvalue weighted by Gasteiger charge is 2.35. The molecule has 3 aliphatic rings. The summed E-state index contributed by atoms with van der Waals surface area (Å²) in [6.07, 6.45) is 6.43. The normalized spacial score (nSPS) is 35.1. The number of rotatable bonds is 3. The van der Waals surface area contributed by atoms with Gasteiger partial charge < -0.3 is 15.4 Å². The molecule has 0 aromatic rings. The molecular weight excluding hydrogens is 266 g/mol. The molecule has 1 aliphatic carbocycles. The van der Waals surface area contributed by atoms with E-state index in [1.807, 2.05) is 0 Å². The molecule has 2 saturated heterocycles. The number of nitrogens with zero attached hydrogens (tertiary/aromatic N) is 2. The fourth-order valence-corrected chi connectivity index (χ4v) is 4.08. The third-order valence-electron chi connectivity index (χ3n) is 5.30. The van der Waals surface area contributed by atoms with Gasteiger partial charge in [-0.25, -0.2) is 0 Å². The topological polar surface area (TPSA) is 58.8 Å². The molecule has 3 atom stereocenters. The zero-order valence-corrected chi connectivity index (χ0v) is 13.0. The summed E-state index contributed by atoms with van der Waals surface area (Å²) in [5, 5.41) is 0. The van der Waals surface area contributed by atoms with Gasteiger partial charge in [-0.15, -0.1) is 0 Å². The number of carbonyl (C=O) groups excluding carboxylic acids is 1. The molecule has 0 unspecified atom stereocenters. The second-order valence-corrected chi connectivity index (χ2v) is 6.86. The Balaban J connectivity index is 1.56. The number of hydrogen-bond donors (Lipinski definition) is 1. The molecular formula is C16H29N3O2. The predicted molar refractivity (Wildman–Crippen MR) is 81.9 cm³/mol. The molecule has 5 heteroatoms. The molecule has 0 radical (unpaired) electrons. The average Bonchev–Trinajstić information content (AvgIpc) is 2.95. The lowest BCUT2D eigenvalue weighted by Crippen LogP contribution is -2.49. The molecule has 0 aromatic heterocycles. The van der Waals surface area contributed by atoms with Crippen LogP contribution in [0.3, 0.4) is 0 Å². The highest BCUT2D eigenvalue weighted by molar-refractivity contribution is 5.79. The molecule has 5 nitrogen and oxygen atoms in total. The molecule has 120 valence electrons. The van der Waals surface area contributed by atoms with Gasteiger partial charge in [0.2, 0.25) is 5.91 Å². The van der Waals surface area contributed by atoms with E-state index in [-0.39, 0.29) is 12.0 Å². The maximum absolute atomic E-state index is 12.8. The quantitative estimate of drug-likeness (QED) is 0.838. The first-order valence-electron chi connectivity index (χ1n) is 8.60. The first-order chi connectivity index (χ1) is 10.2. The largest absolute Gasteiger partial charge is 0.379 e. The van der Waals surface area contributed by atoms with Crippen LogP contribution in [0.25, 0.3) is 0 Å². The Bertz CT molecular complexity index is 357. The minimum Gasteiger partial charge on any atom is -0.379 e. The van der Waals surface area contributed by atoms with Crippen LogP contribution in [-0.4, -0.2) is 67.2 Å². The number of hydrogen-bond acceptors (Lipinski definition) is 4. The van der Waals surface area contributed by atoms with Crippen molar-refractivity contribution < 1.29 is 9.53 Å². The second-order valence-electron chi connectivity index (χ2n) is 6.86. The summed E-state index contributed by atoms with van der Waals surface area (Å²) in [5.74, 6) is 0.556. The average molecular weight is 295 g/mol. The van der Waals surface area contributed by atoms with E-state index < -0.39 is 0 Å². The number of morpholine rings is 1. The third-order valence-corrected chi connectivity index (χ3v) is 5.30. The zero-order chi connectivity index (χ0) is 14.7. The van der Waals surface area contributed by atoms with Crippen LogP contribution in [0.4, 0.5) is 0 Å². The monoisotopic (exact) mass is 295 g/mol. The van der Waals surface area contributed by atoms with E-state index in [1.165, 1.54) is 0 Å². The highest BCUT2D eigenvalue weighted by Crippen LogP contribution is 2.28. The minimum absolute atomic E-state index is 0.180. The van der Waals surface area contributed by atoms with Crippen LogP contribution in [0.5, 0.6) is 0 Å². The fraction of sp³-hybridized carbons (Fsp3) is 0.938. The Morgan fingerprint density at radius 2 is 1.90 bits per heavy atom. The first-order valence-corrected chi connectivity index (χ1v) is 8.60. The second kappa shape index (κ2) is 7.07. The molecule has 21 heavy (non-hydrogen) atoms. The van der Waals surface area contributed by atoms with Gasteiger partial charge in [-0.05, 0) is 32.1 Å². The van der Waals surface area contributed by atoms with E-state index in [9.17, 15) is 4.79 Å². The lowest BCUT2D eigenvalue weighted by molar-refractivity contribution is -0.138. The Morgan fingerprint density at radius 3 is 2.67 bits per heavy atom. The molecule has 1 amide bonds. The van der Waals surface area contributed by atoms with Gasteiger partial charge in [0.05, 0.1) is 13.2 Å². The molecule has 1 saturated carbocycles. The number of nitrogens with two attached hydrogens (primary N) is 1. The first kappa shape index (κ1) is 15.3. The Morgan fingerprint density at radius 1 is 1.10 bits per heavy atom. The molecule has 2 aliphatic heterocycles. The lowest BCUT2D eigenvalue weighted by Gasteiger charge is -2.35. The van der Waals surface area contributed by atoms with Crippen molar-refractivity contribution in [1.82, 2.24) is 9.80 Å². The van der Waals surface area contributed by atoms with Gasteiger partial charge in [0.1, 0.15) is 0 Å². The van der Waals surface area contributed by atoms with Gasteiger partial charge in [0.25, 0.3) is 0 Å². The SMILES string of the molecule is N[C@@H]1CCC[C@@H](C(=O)N2CCC[C@H]2CN2CCOCC2)C1. The molecule has 2 heterocycles. The van der Waals surface area contributed by atoms with E-state index in [2.05, 4.69) is 9.80 Å². The predicted octanol–water partition coefficient (Wildman–Crippen LogP) is 0.827. The molecule has 3 rings (SSSR count). The van der Waals surface area contributed by atoms with Crippen molar-refractivity contribution in [1.29, 1.82) is 0 Å². The van der Waals surface area contributed by atoms with Crippen LogP contribution in [-0.2, 0) is 9.53 Å². The summed E-state index contributed by atoms with van der Waals surface area (Å²) in [6.45, 7) is 5.64. The van der Waals surface area contributed by atoms with Crippen LogP contribution >= 0.6 is 0 Å². The van der Waals surface area contributed by atoms with E-state index >= 15 is 0 Å². The van der Waals surface area contributed by atoms with Crippen molar-refractivity contribution in [3.8, 4) is 0 Å². The van der Waals surface area contributed by atoms with Crippen LogP contribution in [0, 0.1) is 5.92 Å². The molecule has 0 bridgehead atoms. The molecule has 0 spiro atoms. The van der Waals surface area contributed by atoms with Crippen molar-refractivity contribution in [2.45, 2.75) is 50.6 Å². The van der Waals surface area contributed by atoms with Crippen molar-refractivity contribution in [3.63, 3.8) is 0 Å². The molecule has 0 aromatic carbocycles. The fourth-order valence-electron chi connectivity index (χ4n) is 4.08. The van der Waals surface area contributed by atoms with Crippen LogP contribution in [0.1, 0.15) is 38.5 Å². The third kappa shape index (κ3) is 3.76. The van der Waals surface area contributed by atoms with Gasteiger partial charge in [0, 0.05) is 44.2 Å². The van der Waals surface area contributed by atoms with E-state index in [0.717, 1.165) is 77.9 Å². The van der Waals surface area contributed by atoms with Crippen molar-refractivity contribution in [2.75, 3.05) is 39.4 Å². The highest BCUT2D eigenvalue weighted by atomic mass is 16.5. The van der Waals surface area contributed by atoms with Gasteiger partial charge >= 0.3 is 0 Å². The summed E-state index contributed by atoms with van der Waals surface area (Å²) >= 11 is 0. The van der Waals surface area contributed by atoms with Crippen LogP contribution in [0.15, 0.2) is 0 Å². The van der Waals surface area contributed by atoms with Crippen LogP contribution < -0.4 is 5.73 Å². The lowest BCUT2D eigenvalue weighted by atomic mass is 9.85. The molecule has 3 fully saturated rings. The number of likely N-dealkylation sites (tertiary alicyclic amines) is 1. The zero-order valence-electron chi connectivity index (χ0n) is 13.0. The summed E-state index contributed by atoms with van der Waals surface area (Å²) in [5.41, 5.74) is 6.05. The minimum atomic E-state index is 0.180. The Labute approximate surface area is 127 Å². The van der Waals surface area contributed by atoms with Crippen LogP contribution in [0.2, 0.25) is 0 Å². The van der Waals surface area contributed by atoms with Gasteiger partial charge in [-0.3, -0.25) is 9.69 Å². The number of amides is 1. The Hall–Kier alpha value is -0.650. The maximum atomic E-state index is 12.8. The van der Waals surface area contributed by atoms with Gasteiger partial charge in [-0.2, -0.15) is 0 Å². The van der Waals surface area contributed by atoms with Crippen molar-refractivity contribution in [3.05, 3.63) is 0 Å². The van der Waals surface area contributed by atoms with Gasteiger partial charge in [0.15, 0.2) is 0 Å². The Kier molecular flexibility index (Phi) is 5.14. The van der Waals surface area contributed by atoms with E-state index in [4.69, 9.17) is 10.5 Å². The van der Waals surface area contributed by atoms with Crippen molar-refractivity contribution in [2.24, 2.45) is 11.7 Å².